The zero-order chi connectivity index (χ0) is 16.2. The van der Waals surface area contributed by atoms with Gasteiger partial charge in [0, 0.05) is 25.0 Å². The maximum absolute atomic E-state index is 11.5. The van der Waals surface area contributed by atoms with E-state index >= 15 is 0 Å². The van der Waals surface area contributed by atoms with Gasteiger partial charge >= 0.3 is 0 Å². The highest BCUT2D eigenvalue weighted by Gasteiger charge is 2.28. The lowest BCUT2D eigenvalue weighted by molar-refractivity contribution is 0.505. The first kappa shape index (κ1) is 20.2. The largest absolute Gasteiger partial charge is 0.356 e. The molecule has 5 nitrogen and oxygen atoms in total. The Bertz CT molecular complexity index is 630. The molecule has 0 radical (unpaired) electrons. The summed E-state index contributed by atoms with van der Waals surface area (Å²) in [5.41, 5.74) is 1.21. The average molecular weight is 451 g/mol. The predicted molar refractivity (Wildman–Crippen MR) is 106 cm³/mol. The quantitative estimate of drug-likeness (QED) is 0.417. The van der Waals surface area contributed by atoms with Crippen LogP contribution in [-0.4, -0.2) is 45.5 Å². The van der Waals surface area contributed by atoms with Crippen molar-refractivity contribution in [2.45, 2.75) is 31.7 Å². The lowest BCUT2D eigenvalue weighted by Crippen LogP contribution is -2.47. The molecule has 0 spiro atoms. The van der Waals surface area contributed by atoms with E-state index in [1.165, 1.54) is 5.56 Å². The number of halogens is 1. The SMILES string of the molecule is CN=C(NCC(C)(C)c1ccccc1)NC1CCS(=O)(=O)C1.I. The van der Waals surface area contributed by atoms with E-state index < -0.39 is 9.84 Å². The van der Waals surface area contributed by atoms with Crippen molar-refractivity contribution in [3.05, 3.63) is 35.9 Å². The molecule has 1 saturated heterocycles. The van der Waals surface area contributed by atoms with Gasteiger partial charge in [-0.2, -0.15) is 0 Å². The lowest BCUT2D eigenvalue weighted by Gasteiger charge is -2.27. The number of aliphatic imine (C=N–C) groups is 1. The Balaban J connectivity index is 0.00000264. The van der Waals surface area contributed by atoms with Gasteiger partial charge in [-0.3, -0.25) is 4.99 Å². The van der Waals surface area contributed by atoms with Crippen LogP contribution in [0.25, 0.3) is 0 Å². The molecule has 0 bridgehead atoms. The molecule has 0 amide bonds. The van der Waals surface area contributed by atoms with Crippen LogP contribution in [0.5, 0.6) is 0 Å². The molecule has 1 fully saturated rings. The van der Waals surface area contributed by atoms with Crippen LogP contribution in [0.4, 0.5) is 0 Å². The molecule has 1 unspecified atom stereocenters. The van der Waals surface area contributed by atoms with Crippen LogP contribution in [0.3, 0.4) is 0 Å². The molecule has 23 heavy (non-hydrogen) atoms. The molecule has 1 heterocycles. The molecule has 1 aromatic rings. The third-order valence-corrected chi connectivity index (χ3v) is 5.82. The van der Waals surface area contributed by atoms with E-state index in [9.17, 15) is 8.42 Å². The maximum Gasteiger partial charge on any atom is 0.191 e. The standard InChI is InChI=1S/C16H25N3O2S.HI/c1-16(2,13-7-5-4-6-8-13)12-18-15(17-3)19-14-9-10-22(20,21)11-14;/h4-8,14H,9-12H2,1-3H3,(H2,17,18,19);1H. The van der Waals surface area contributed by atoms with Gasteiger partial charge in [-0.05, 0) is 12.0 Å². The third kappa shape index (κ3) is 5.95. The summed E-state index contributed by atoms with van der Waals surface area (Å²) in [5, 5.41) is 6.51. The number of rotatable bonds is 4. The van der Waals surface area contributed by atoms with E-state index in [4.69, 9.17) is 0 Å². The summed E-state index contributed by atoms with van der Waals surface area (Å²) < 4.78 is 23.0. The number of guanidine groups is 1. The van der Waals surface area contributed by atoms with E-state index in [0.29, 0.717) is 12.4 Å². The summed E-state index contributed by atoms with van der Waals surface area (Å²) in [7, 11) is -1.18. The molecule has 0 saturated carbocycles. The third-order valence-electron chi connectivity index (χ3n) is 4.05. The van der Waals surface area contributed by atoms with Gasteiger partial charge in [-0.1, -0.05) is 44.2 Å². The minimum absolute atomic E-state index is 0. The van der Waals surface area contributed by atoms with Crippen molar-refractivity contribution in [3.8, 4) is 0 Å². The highest BCUT2D eigenvalue weighted by Crippen LogP contribution is 2.21. The summed E-state index contributed by atoms with van der Waals surface area (Å²) in [6, 6.07) is 10.3. The van der Waals surface area contributed by atoms with E-state index in [2.05, 4.69) is 41.6 Å². The van der Waals surface area contributed by atoms with Gasteiger partial charge in [0.1, 0.15) is 0 Å². The second-order valence-corrected chi connectivity index (χ2v) is 8.65. The highest BCUT2D eigenvalue weighted by molar-refractivity contribution is 14.0. The van der Waals surface area contributed by atoms with Crippen LogP contribution in [0, 0.1) is 0 Å². The minimum Gasteiger partial charge on any atom is -0.356 e. The monoisotopic (exact) mass is 451 g/mol. The van der Waals surface area contributed by atoms with Crippen LogP contribution in [0.15, 0.2) is 35.3 Å². The molecule has 2 rings (SSSR count). The number of benzene rings is 1. The molecule has 7 heteroatoms. The van der Waals surface area contributed by atoms with Gasteiger partial charge in [0.2, 0.25) is 0 Å². The predicted octanol–water partition coefficient (Wildman–Crippen LogP) is 1.93. The second kappa shape index (κ2) is 8.32. The van der Waals surface area contributed by atoms with Crippen LogP contribution in [0.2, 0.25) is 0 Å². The fraction of sp³-hybridized carbons (Fsp3) is 0.562. The zero-order valence-corrected chi connectivity index (χ0v) is 17.0. The first-order chi connectivity index (χ1) is 10.3. The number of hydrogen-bond acceptors (Lipinski definition) is 3. The number of nitrogens with one attached hydrogen (secondary N) is 2. The molecule has 0 aliphatic carbocycles. The molecule has 1 atom stereocenters. The first-order valence-electron chi connectivity index (χ1n) is 7.55. The van der Waals surface area contributed by atoms with Gasteiger partial charge in [-0.25, -0.2) is 8.42 Å². The first-order valence-corrected chi connectivity index (χ1v) is 9.38. The molecule has 2 N–H and O–H groups in total. The number of nitrogens with zero attached hydrogens (tertiary/aromatic N) is 1. The molecule has 1 aliphatic heterocycles. The van der Waals surface area contributed by atoms with Crippen LogP contribution in [-0.2, 0) is 15.3 Å². The minimum atomic E-state index is -2.88. The van der Waals surface area contributed by atoms with Crippen molar-refractivity contribution in [1.29, 1.82) is 0 Å². The Morgan fingerprint density at radius 1 is 1.30 bits per heavy atom. The molecule has 0 aromatic heterocycles. The molecule has 130 valence electrons. The highest BCUT2D eigenvalue weighted by atomic mass is 127. The van der Waals surface area contributed by atoms with Gasteiger partial charge in [0.05, 0.1) is 11.5 Å². The van der Waals surface area contributed by atoms with E-state index in [1.54, 1.807) is 7.05 Å². The fourth-order valence-corrected chi connectivity index (χ4v) is 4.27. The Morgan fingerprint density at radius 2 is 1.96 bits per heavy atom. The summed E-state index contributed by atoms with van der Waals surface area (Å²) in [5.74, 6) is 1.11. The maximum atomic E-state index is 11.5. The van der Waals surface area contributed by atoms with E-state index in [-0.39, 0.29) is 46.9 Å². The Kier molecular flexibility index (Phi) is 7.31. The Hall–Kier alpha value is -0.830. The van der Waals surface area contributed by atoms with Crippen molar-refractivity contribution < 1.29 is 8.42 Å². The Morgan fingerprint density at radius 3 is 2.48 bits per heavy atom. The summed E-state index contributed by atoms with van der Waals surface area (Å²) in [6.45, 7) is 5.06. The molecular formula is C16H26IN3O2S. The summed E-state index contributed by atoms with van der Waals surface area (Å²) in [4.78, 5) is 4.20. The fourth-order valence-electron chi connectivity index (χ4n) is 2.59. The van der Waals surface area contributed by atoms with Crippen molar-refractivity contribution in [3.63, 3.8) is 0 Å². The van der Waals surface area contributed by atoms with Crippen molar-refractivity contribution in [2.24, 2.45) is 4.99 Å². The topological polar surface area (TPSA) is 70.6 Å². The molecule has 1 aromatic carbocycles. The van der Waals surface area contributed by atoms with E-state index in [0.717, 1.165) is 6.54 Å². The zero-order valence-electron chi connectivity index (χ0n) is 13.9. The Labute approximate surface area is 156 Å². The van der Waals surface area contributed by atoms with Gasteiger partial charge < -0.3 is 10.6 Å². The van der Waals surface area contributed by atoms with Gasteiger partial charge in [0.15, 0.2) is 15.8 Å². The molecule has 1 aliphatic rings. The van der Waals surface area contributed by atoms with Crippen molar-refractivity contribution >= 4 is 39.8 Å². The molecular weight excluding hydrogens is 425 g/mol. The summed E-state index contributed by atoms with van der Waals surface area (Å²) in [6.07, 6.45) is 0.644. The summed E-state index contributed by atoms with van der Waals surface area (Å²) >= 11 is 0. The van der Waals surface area contributed by atoms with Gasteiger partial charge in [-0.15, -0.1) is 24.0 Å². The van der Waals surface area contributed by atoms with Crippen LogP contribution >= 0.6 is 24.0 Å². The second-order valence-electron chi connectivity index (χ2n) is 6.42. The van der Waals surface area contributed by atoms with Crippen molar-refractivity contribution in [1.82, 2.24) is 10.6 Å². The average Bonchev–Trinajstić information content (AvgIpc) is 2.83. The van der Waals surface area contributed by atoms with Crippen molar-refractivity contribution in [2.75, 3.05) is 25.1 Å². The van der Waals surface area contributed by atoms with Crippen LogP contribution < -0.4 is 10.6 Å². The lowest BCUT2D eigenvalue weighted by atomic mass is 9.85. The van der Waals surface area contributed by atoms with E-state index in [1.807, 2.05) is 18.2 Å². The van der Waals surface area contributed by atoms with Crippen LogP contribution in [0.1, 0.15) is 25.8 Å². The number of hydrogen-bond donors (Lipinski definition) is 2. The normalized spacial score (nSPS) is 20.7. The number of sulfone groups is 1. The van der Waals surface area contributed by atoms with Gasteiger partial charge in [0.25, 0.3) is 0 Å². The smallest absolute Gasteiger partial charge is 0.191 e.